The molecule has 0 spiro atoms. The molecule has 3 rings (SSSR count). The van der Waals surface area contributed by atoms with Crippen LogP contribution in [0.1, 0.15) is 45.4 Å². The second-order valence-electron chi connectivity index (χ2n) is 6.23. The second kappa shape index (κ2) is 4.82. The summed E-state index contributed by atoms with van der Waals surface area (Å²) in [6.45, 7) is 3.15. The molecule has 2 nitrogen and oxygen atoms in total. The van der Waals surface area contributed by atoms with Crippen molar-refractivity contribution in [2.45, 2.75) is 63.8 Å². The largest absolute Gasteiger partial charge is 0.377 e. The highest BCUT2D eigenvalue weighted by atomic mass is 79.9. The van der Waals surface area contributed by atoms with Crippen LogP contribution in [0.3, 0.4) is 0 Å². The van der Waals surface area contributed by atoms with E-state index < -0.39 is 0 Å². The number of halogens is 1. The maximum atomic E-state index is 6.04. The second-order valence-corrected chi connectivity index (χ2v) is 6.79. The van der Waals surface area contributed by atoms with Crippen LogP contribution in [0.5, 0.6) is 0 Å². The summed E-state index contributed by atoms with van der Waals surface area (Å²) in [5, 5.41) is 1.08. The summed E-state index contributed by atoms with van der Waals surface area (Å²) in [6.07, 6.45) is 9.09. The molecule has 17 heavy (non-hydrogen) atoms. The van der Waals surface area contributed by atoms with Crippen LogP contribution in [0.4, 0.5) is 0 Å². The Morgan fingerprint density at radius 3 is 2.65 bits per heavy atom. The van der Waals surface area contributed by atoms with E-state index in [2.05, 4.69) is 22.9 Å². The van der Waals surface area contributed by atoms with Crippen molar-refractivity contribution in [3.63, 3.8) is 0 Å². The molecule has 2 heterocycles. The van der Waals surface area contributed by atoms with Gasteiger partial charge in [0, 0.05) is 17.4 Å². The van der Waals surface area contributed by atoms with Crippen molar-refractivity contribution in [3.8, 4) is 0 Å². The Hall–Kier alpha value is 0.400. The van der Waals surface area contributed by atoms with Gasteiger partial charge in [-0.2, -0.15) is 0 Å². The average Bonchev–Trinajstić information content (AvgIpc) is 2.96. The van der Waals surface area contributed by atoms with Crippen molar-refractivity contribution in [2.75, 3.05) is 11.9 Å². The maximum Gasteiger partial charge on any atom is 0.0669 e. The molecule has 4 atom stereocenters. The van der Waals surface area contributed by atoms with Crippen LogP contribution in [0, 0.1) is 11.3 Å². The fourth-order valence-electron chi connectivity index (χ4n) is 3.65. The molecule has 98 valence electrons. The van der Waals surface area contributed by atoms with Crippen LogP contribution in [-0.2, 0) is 9.47 Å². The van der Waals surface area contributed by atoms with E-state index in [4.69, 9.17) is 9.47 Å². The van der Waals surface area contributed by atoms with Crippen LogP contribution in [-0.4, -0.2) is 30.2 Å². The zero-order valence-corrected chi connectivity index (χ0v) is 12.2. The van der Waals surface area contributed by atoms with Gasteiger partial charge in [-0.25, -0.2) is 0 Å². The van der Waals surface area contributed by atoms with Gasteiger partial charge < -0.3 is 9.47 Å². The smallest absolute Gasteiger partial charge is 0.0669 e. The predicted octanol–water partition coefficient (Wildman–Crippen LogP) is 3.52. The molecule has 4 unspecified atom stereocenters. The van der Waals surface area contributed by atoms with Crippen LogP contribution < -0.4 is 0 Å². The first kappa shape index (κ1) is 12.4. The van der Waals surface area contributed by atoms with E-state index in [1.54, 1.807) is 0 Å². The van der Waals surface area contributed by atoms with Gasteiger partial charge in [0.2, 0.25) is 0 Å². The Balaban J connectivity index is 1.67. The summed E-state index contributed by atoms with van der Waals surface area (Å²) < 4.78 is 12.1. The molecule has 0 aromatic carbocycles. The summed E-state index contributed by atoms with van der Waals surface area (Å²) in [5.74, 6) is 0.842. The SMILES string of the molecule is CC1CCC(CC2(CBr)CCOC2C2CC2)O1. The van der Waals surface area contributed by atoms with Crippen LogP contribution in [0.25, 0.3) is 0 Å². The summed E-state index contributed by atoms with van der Waals surface area (Å²) >= 11 is 3.76. The van der Waals surface area contributed by atoms with Crippen LogP contribution >= 0.6 is 15.9 Å². The Morgan fingerprint density at radius 2 is 2.06 bits per heavy atom. The van der Waals surface area contributed by atoms with Crippen molar-refractivity contribution in [2.24, 2.45) is 11.3 Å². The molecule has 0 aromatic heterocycles. The van der Waals surface area contributed by atoms with Gasteiger partial charge in [-0.3, -0.25) is 0 Å². The lowest BCUT2D eigenvalue weighted by Gasteiger charge is -2.34. The molecule has 0 aromatic rings. The Labute approximate surface area is 113 Å². The van der Waals surface area contributed by atoms with Crippen LogP contribution in [0.15, 0.2) is 0 Å². The standard InChI is InChI=1S/C14H23BrO2/c1-10-2-5-12(17-10)8-14(9-15)6-7-16-13(14)11-3-4-11/h10-13H,2-9H2,1H3. The number of hydrogen-bond acceptors (Lipinski definition) is 2. The Kier molecular flexibility index (Phi) is 3.53. The first-order valence-electron chi connectivity index (χ1n) is 7.06. The first-order chi connectivity index (χ1) is 8.23. The van der Waals surface area contributed by atoms with Gasteiger partial charge >= 0.3 is 0 Å². The molecule has 2 saturated heterocycles. The third kappa shape index (κ3) is 2.43. The normalized spacial score (nSPS) is 46.6. The van der Waals surface area contributed by atoms with E-state index in [1.807, 2.05) is 0 Å². The number of rotatable bonds is 4. The lowest BCUT2D eigenvalue weighted by Crippen LogP contribution is -2.37. The predicted molar refractivity (Wildman–Crippen MR) is 71.5 cm³/mol. The van der Waals surface area contributed by atoms with E-state index in [9.17, 15) is 0 Å². The van der Waals surface area contributed by atoms with Crippen molar-refractivity contribution < 1.29 is 9.47 Å². The average molecular weight is 303 g/mol. The Morgan fingerprint density at radius 1 is 1.24 bits per heavy atom. The summed E-state index contributed by atoms with van der Waals surface area (Å²) in [7, 11) is 0. The first-order valence-corrected chi connectivity index (χ1v) is 8.19. The monoisotopic (exact) mass is 302 g/mol. The molecule has 1 saturated carbocycles. The molecule has 1 aliphatic carbocycles. The number of hydrogen-bond donors (Lipinski definition) is 0. The molecule has 0 radical (unpaired) electrons. The number of alkyl halides is 1. The van der Waals surface area contributed by atoms with Crippen molar-refractivity contribution >= 4 is 15.9 Å². The van der Waals surface area contributed by atoms with Gasteiger partial charge in [-0.05, 0) is 51.4 Å². The van der Waals surface area contributed by atoms with Crippen LogP contribution in [0.2, 0.25) is 0 Å². The van der Waals surface area contributed by atoms with Gasteiger partial charge in [0.1, 0.15) is 0 Å². The third-order valence-electron chi connectivity index (χ3n) is 4.77. The van der Waals surface area contributed by atoms with Gasteiger partial charge in [-0.15, -0.1) is 0 Å². The lowest BCUT2D eigenvalue weighted by atomic mass is 9.76. The van der Waals surface area contributed by atoms with Crippen molar-refractivity contribution in [1.29, 1.82) is 0 Å². The third-order valence-corrected chi connectivity index (χ3v) is 5.89. The lowest BCUT2D eigenvalue weighted by molar-refractivity contribution is -0.00991. The summed E-state index contributed by atoms with van der Waals surface area (Å²) in [6, 6.07) is 0. The molecule has 0 N–H and O–H groups in total. The van der Waals surface area contributed by atoms with E-state index in [1.165, 1.54) is 38.5 Å². The molecule has 3 aliphatic rings. The molecular formula is C14H23BrO2. The van der Waals surface area contributed by atoms with E-state index in [0.717, 1.165) is 17.9 Å². The van der Waals surface area contributed by atoms with E-state index in [0.29, 0.717) is 23.7 Å². The highest BCUT2D eigenvalue weighted by molar-refractivity contribution is 9.09. The Bertz CT molecular complexity index is 279. The molecule has 2 aliphatic heterocycles. The van der Waals surface area contributed by atoms with E-state index >= 15 is 0 Å². The highest BCUT2D eigenvalue weighted by Crippen LogP contribution is 2.51. The summed E-state index contributed by atoms with van der Waals surface area (Å²) in [4.78, 5) is 0. The topological polar surface area (TPSA) is 18.5 Å². The quantitative estimate of drug-likeness (QED) is 0.740. The minimum atomic E-state index is 0.357. The van der Waals surface area contributed by atoms with Crippen molar-refractivity contribution in [1.82, 2.24) is 0 Å². The zero-order valence-electron chi connectivity index (χ0n) is 10.7. The van der Waals surface area contributed by atoms with Gasteiger partial charge in [0.05, 0.1) is 18.3 Å². The molecule has 0 amide bonds. The minimum Gasteiger partial charge on any atom is -0.377 e. The van der Waals surface area contributed by atoms with Gasteiger partial charge in [-0.1, -0.05) is 15.9 Å². The fraction of sp³-hybridized carbons (Fsp3) is 1.00. The summed E-state index contributed by atoms with van der Waals surface area (Å²) in [5.41, 5.74) is 0.357. The molecule has 3 heteroatoms. The minimum absolute atomic E-state index is 0.357. The number of ether oxygens (including phenoxy) is 2. The van der Waals surface area contributed by atoms with Gasteiger partial charge in [0.25, 0.3) is 0 Å². The zero-order chi connectivity index (χ0) is 11.9. The van der Waals surface area contributed by atoms with Crippen molar-refractivity contribution in [3.05, 3.63) is 0 Å². The molecule has 0 bridgehead atoms. The van der Waals surface area contributed by atoms with Gasteiger partial charge in [0.15, 0.2) is 0 Å². The highest BCUT2D eigenvalue weighted by Gasteiger charge is 2.51. The fourth-order valence-corrected chi connectivity index (χ4v) is 4.48. The molecular weight excluding hydrogens is 280 g/mol. The van der Waals surface area contributed by atoms with E-state index in [-0.39, 0.29) is 0 Å². The maximum absolute atomic E-state index is 6.04. The molecule has 3 fully saturated rings.